The van der Waals surface area contributed by atoms with Gasteiger partial charge in [0.05, 0.1) is 21.8 Å². The summed E-state index contributed by atoms with van der Waals surface area (Å²) in [6.45, 7) is 2.83. The van der Waals surface area contributed by atoms with Gasteiger partial charge in [0.15, 0.2) is 0 Å². The molecule has 0 saturated carbocycles. The van der Waals surface area contributed by atoms with E-state index in [1.165, 1.54) is 31.2 Å². The van der Waals surface area contributed by atoms with Crippen LogP contribution in [0.25, 0.3) is 0 Å². The number of aryl methyl sites for hydroxylation is 2. The van der Waals surface area contributed by atoms with Crippen molar-refractivity contribution in [2.45, 2.75) is 49.0 Å². The van der Waals surface area contributed by atoms with Crippen molar-refractivity contribution in [1.29, 1.82) is 0 Å². The van der Waals surface area contributed by atoms with Crippen LogP contribution < -0.4 is 11.2 Å². The predicted octanol–water partition coefficient (Wildman–Crippen LogP) is 2.21. The molecule has 0 aliphatic carbocycles. The number of hydrogen-bond donors (Lipinski definition) is 1. The van der Waals surface area contributed by atoms with Crippen LogP contribution in [-0.4, -0.2) is 51.9 Å². The minimum atomic E-state index is -4.50. The van der Waals surface area contributed by atoms with Crippen molar-refractivity contribution in [3.8, 4) is 0 Å². The van der Waals surface area contributed by atoms with Gasteiger partial charge in [0.25, 0.3) is 25.8 Å². The highest BCUT2D eigenvalue weighted by atomic mass is 32.2. The Labute approximate surface area is 224 Å². The maximum Gasteiger partial charge on any atom is 0.330 e. The molecule has 1 saturated heterocycles. The fourth-order valence-corrected chi connectivity index (χ4v) is 6.34. The molecular weight excluding hydrogens is 555 g/mol. The minimum absolute atomic E-state index is 0.155. The molecule has 4 atom stereocenters. The highest BCUT2D eigenvalue weighted by Crippen LogP contribution is 2.48. The number of rotatable bonds is 9. The van der Waals surface area contributed by atoms with Crippen LogP contribution in [0, 0.1) is 19.3 Å². The lowest BCUT2D eigenvalue weighted by molar-refractivity contribution is -0.0542. The molecule has 1 fully saturated rings. The van der Waals surface area contributed by atoms with Gasteiger partial charge < -0.3 is 4.74 Å². The van der Waals surface area contributed by atoms with Crippen molar-refractivity contribution in [3.05, 3.63) is 92.8 Å². The topological polar surface area (TPSA) is 151 Å². The summed E-state index contributed by atoms with van der Waals surface area (Å²) in [4.78, 5) is 25.8. The molecular formula is C25H27FN2O9S2. The largest absolute Gasteiger partial charge is 0.349 e. The average molecular weight is 583 g/mol. The van der Waals surface area contributed by atoms with Crippen molar-refractivity contribution in [1.82, 2.24) is 9.55 Å². The number of aromatic nitrogens is 2. The number of nitrogens with one attached hydrogen (secondary N) is 1. The van der Waals surface area contributed by atoms with Gasteiger partial charge in [0.2, 0.25) is 0 Å². The number of nitrogens with zero attached hydrogens (tertiary/aromatic N) is 1. The van der Waals surface area contributed by atoms with E-state index in [0.29, 0.717) is 0 Å². The summed E-state index contributed by atoms with van der Waals surface area (Å²) in [7, 11) is -8.83. The van der Waals surface area contributed by atoms with Crippen molar-refractivity contribution in [2.24, 2.45) is 5.41 Å². The second kappa shape index (κ2) is 10.8. The van der Waals surface area contributed by atoms with Gasteiger partial charge in [-0.3, -0.25) is 27.1 Å². The number of alkyl halides is 1. The van der Waals surface area contributed by atoms with Crippen molar-refractivity contribution in [2.75, 3.05) is 13.3 Å². The maximum absolute atomic E-state index is 14.8. The van der Waals surface area contributed by atoms with E-state index in [1.807, 2.05) is 4.98 Å². The van der Waals surface area contributed by atoms with Crippen molar-refractivity contribution in [3.63, 3.8) is 0 Å². The van der Waals surface area contributed by atoms with Crippen molar-refractivity contribution >= 4 is 20.2 Å². The molecule has 210 valence electrons. The minimum Gasteiger partial charge on any atom is -0.349 e. The molecule has 0 bridgehead atoms. The van der Waals surface area contributed by atoms with Gasteiger partial charge in [-0.25, -0.2) is 4.79 Å². The summed E-state index contributed by atoms with van der Waals surface area (Å²) >= 11 is 0. The molecule has 3 aromatic rings. The summed E-state index contributed by atoms with van der Waals surface area (Å²) in [5.74, 6) is 0. The monoisotopic (exact) mass is 582 g/mol. The molecule has 2 heterocycles. The second-order valence-electron chi connectivity index (χ2n) is 9.52. The smallest absolute Gasteiger partial charge is 0.330 e. The number of aromatic amines is 1. The zero-order valence-corrected chi connectivity index (χ0v) is 22.9. The number of ether oxygens (including phenoxy) is 1. The third kappa shape index (κ3) is 5.89. The third-order valence-electron chi connectivity index (χ3n) is 6.48. The Morgan fingerprint density at radius 1 is 0.923 bits per heavy atom. The van der Waals surface area contributed by atoms with Crippen LogP contribution in [0.4, 0.5) is 4.39 Å². The van der Waals surface area contributed by atoms with Crippen LogP contribution in [0.5, 0.6) is 0 Å². The van der Waals surface area contributed by atoms with Crippen LogP contribution in [-0.2, 0) is 33.3 Å². The van der Waals surface area contributed by atoms with Crippen molar-refractivity contribution < 1.29 is 34.3 Å². The Balaban J connectivity index is 1.72. The summed E-state index contributed by atoms with van der Waals surface area (Å²) in [5.41, 5.74) is -1.88. The molecule has 2 unspecified atom stereocenters. The molecule has 2 aromatic carbocycles. The quantitative estimate of drug-likeness (QED) is 0.375. The third-order valence-corrected chi connectivity index (χ3v) is 9.09. The SMILES string of the molecule is Cc1ccc(S(=O)(=O)OCC2OC(n3ccc(=O)[nH]c3=O)[C@@](C)(CF)[C@@H]2OS(=O)(=O)c2ccc(C)cc2)cc1. The van der Waals surface area contributed by atoms with E-state index >= 15 is 0 Å². The Hall–Kier alpha value is -3.17. The van der Waals surface area contributed by atoms with Gasteiger partial charge in [0.1, 0.15) is 25.1 Å². The molecule has 1 aromatic heterocycles. The lowest BCUT2D eigenvalue weighted by atomic mass is 9.83. The maximum atomic E-state index is 14.8. The van der Waals surface area contributed by atoms with E-state index < -0.39 is 68.6 Å². The molecule has 1 aliphatic rings. The normalized spacial score (nSPS) is 23.6. The summed E-state index contributed by atoms with van der Waals surface area (Å²) in [6, 6.07) is 12.5. The number of halogens is 1. The zero-order valence-electron chi connectivity index (χ0n) is 21.2. The summed E-state index contributed by atoms with van der Waals surface area (Å²) < 4.78 is 84.2. The number of benzene rings is 2. The van der Waals surface area contributed by atoms with Crippen LogP contribution in [0.3, 0.4) is 0 Å². The van der Waals surface area contributed by atoms with Crippen LogP contribution >= 0.6 is 0 Å². The first kappa shape index (κ1) is 28.8. The van der Waals surface area contributed by atoms with E-state index in [0.717, 1.165) is 28.0 Å². The molecule has 0 radical (unpaired) electrons. The molecule has 39 heavy (non-hydrogen) atoms. The fraction of sp³-hybridized carbons (Fsp3) is 0.360. The highest BCUT2D eigenvalue weighted by Gasteiger charge is 2.58. The van der Waals surface area contributed by atoms with Gasteiger partial charge in [-0.1, -0.05) is 42.3 Å². The number of H-pyrrole nitrogens is 1. The highest BCUT2D eigenvalue weighted by molar-refractivity contribution is 7.87. The molecule has 14 heteroatoms. The molecule has 11 nitrogen and oxygen atoms in total. The van der Waals surface area contributed by atoms with E-state index in [-0.39, 0.29) is 9.79 Å². The van der Waals surface area contributed by atoms with E-state index in [4.69, 9.17) is 13.1 Å². The molecule has 0 amide bonds. The first-order valence-electron chi connectivity index (χ1n) is 11.8. The van der Waals surface area contributed by atoms with Gasteiger partial charge in [-0.2, -0.15) is 16.8 Å². The van der Waals surface area contributed by atoms with Gasteiger partial charge in [-0.05, 0) is 38.1 Å². The Bertz CT molecular complexity index is 1670. The molecule has 4 rings (SSSR count). The van der Waals surface area contributed by atoms with E-state index in [1.54, 1.807) is 38.1 Å². The summed E-state index contributed by atoms with van der Waals surface area (Å²) in [6.07, 6.45) is -3.51. The molecule has 0 spiro atoms. The van der Waals surface area contributed by atoms with E-state index in [9.17, 15) is 30.8 Å². The molecule has 1 N–H and O–H groups in total. The summed E-state index contributed by atoms with van der Waals surface area (Å²) in [5, 5.41) is 0. The lowest BCUT2D eigenvalue weighted by Crippen LogP contribution is -2.45. The van der Waals surface area contributed by atoms with Crippen LogP contribution in [0.1, 0.15) is 24.3 Å². The standard InChI is InChI=1S/C25H27FN2O9S2/c1-16-4-8-18(9-5-16)38(31,32)35-14-20-22(37-39(33,34)19-10-6-17(2)7-11-19)25(3,15-26)23(36-20)28-13-12-21(29)27-24(28)30/h4-13,20,22-23H,14-15H2,1-3H3,(H,27,29,30)/t20?,22-,23?,25+/m1/s1. The lowest BCUT2D eigenvalue weighted by Gasteiger charge is -2.32. The fourth-order valence-electron chi connectivity index (χ4n) is 4.22. The Morgan fingerprint density at radius 3 is 1.97 bits per heavy atom. The van der Waals surface area contributed by atoms with E-state index in [2.05, 4.69) is 0 Å². The predicted molar refractivity (Wildman–Crippen MR) is 137 cm³/mol. The van der Waals surface area contributed by atoms with Gasteiger partial charge in [-0.15, -0.1) is 0 Å². The molecule has 1 aliphatic heterocycles. The van der Waals surface area contributed by atoms with Crippen LogP contribution in [0.15, 0.2) is 80.2 Å². The first-order chi connectivity index (χ1) is 18.3. The van der Waals surface area contributed by atoms with Gasteiger partial charge in [0, 0.05) is 12.3 Å². The first-order valence-corrected chi connectivity index (χ1v) is 14.6. The second-order valence-corrected chi connectivity index (χ2v) is 12.7. The Morgan fingerprint density at radius 2 is 1.46 bits per heavy atom. The van der Waals surface area contributed by atoms with Gasteiger partial charge >= 0.3 is 5.69 Å². The average Bonchev–Trinajstić information content (AvgIpc) is 3.14. The Kier molecular flexibility index (Phi) is 7.96. The number of hydrogen-bond acceptors (Lipinski definition) is 9. The van der Waals surface area contributed by atoms with Crippen LogP contribution in [0.2, 0.25) is 0 Å². The zero-order chi connectivity index (χ0) is 28.6.